The topological polar surface area (TPSA) is 65.4 Å². The van der Waals surface area contributed by atoms with Crippen molar-refractivity contribution in [2.75, 3.05) is 65.7 Å². The van der Waals surface area contributed by atoms with Crippen molar-refractivity contribution in [2.24, 2.45) is 0 Å². The molecule has 2 fully saturated rings. The van der Waals surface area contributed by atoms with Gasteiger partial charge in [-0.3, -0.25) is 0 Å². The van der Waals surface area contributed by atoms with Crippen molar-refractivity contribution in [3.63, 3.8) is 0 Å². The van der Waals surface area contributed by atoms with Gasteiger partial charge in [0.1, 0.15) is 0 Å². The number of hydrogen-bond donors (Lipinski definition) is 2. The lowest BCUT2D eigenvalue weighted by molar-refractivity contribution is 0.00977. The third kappa shape index (κ3) is 11.7. The molecule has 0 spiro atoms. The van der Waals surface area contributed by atoms with E-state index in [1.807, 2.05) is 0 Å². The third-order valence-electron chi connectivity index (χ3n) is 5.78. The van der Waals surface area contributed by atoms with Crippen molar-refractivity contribution in [1.29, 1.82) is 0 Å². The number of ether oxygens (including phenoxy) is 2. The third-order valence-corrected chi connectivity index (χ3v) is 5.78. The van der Waals surface area contributed by atoms with Gasteiger partial charge in [-0.15, -0.1) is 0 Å². The number of nitrogens with zero attached hydrogens (tertiary/aromatic N) is 2. The molecule has 166 valence electrons. The van der Waals surface area contributed by atoms with Crippen molar-refractivity contribution in [2.45, 2.75) is 76.4 Å². The molecule has 2 aliphatic heterocycles. The van der Waals surface area contributed by atoms with Crippen LogP contribution in [0.1, 0.15) is 64.2 Å². The summed E-state index contributed by atoms with van der Waals surface area (Å²) in [4.78, 5) is 4.70. The normalized spacial score (nSPS) is 21.6. The molecule has 0 bridgehead atoms. The number of β-amino-alcohol motifs (C(OH)–C–C–N with tert-alkyl or cyclic N) is 2. The molecule has 0 aliphatic carbocycles. The van der Waals surface area contributed by atoms with Gasteiger partial charge >= 0.3 is 0 Å². The first-order chi connectivity index (χ1) is 13.7. The lowest BCUT2D eigenvalue weighted by Crippen LogP contribution is -2.38. The highest BCUT2D eigenvalue weighted by Gasteiger charge is 2.15. The van der Waals surface area contributed by atoms with Crippen LogP contribution in [0, 0.1) is 0 Å². The second-order valence-electron chi connectivity index (χ2n) is 8.59. The van der Waals surface area contributed by atoms with E-state index < -0.39 is 0 Å². The Labute approximate surface area is 172 Å². The molecule has 2 aliphatic rings. The van der Waals surface area contributed by atoms with Gasteiger partial charge in [-0.1, -0.05) is 25.7 Å². The van der Waals surface area contributed by atoms with Gasteiger partial charge in [-0.2, -0.15) is 0 Å². The minimum atomic E-state index is -0.358. The maximum atomic E-state index is 10.0. The predicted molar refractivity (Wildman–Crippen MR) is 113 cm³/mol. The van der Waals surface area contributed by atoms with Gasteiger partial charge < -0.3 is 29.5 Å². The molecule has 0 aromatic heterocycles. The molecule has 0 amide bonds. The average molecular weight is 401 g/mol. The maximum Gasteiger partial charge on any atom is 0.0900 e. The molecule has 2 heterocycles. The molecule has 2 atom stereocenters. The van der Waals surface area contributed by atoms with Gasteiger partial charge in [0.2, 0.25) is 0 Å². The van der Waals surface area contributed by atoms with Crippen LogP contribution in [0.2, 0.25) is 0 Å². The Morgan fingerprint density at radius 2 is 0.964 bits per heavy atom. The first-order valence-electron chi connectivity index (χ1n) is 11.7. The number of hydrogen-bond acceptors (Lipinski definition) is 6. The average Bonchev–Trinajstić information content (AvgIpc) is 2.71. The van der Waals surface area contributed by atoms with Gasteiger partial charge in [0.25, 0.3) is 0 Å². The van der Waals surface area contributed by atoms with Crippen molar-refractivity contribution >= 4 is 0 Å². The molecule has 0 aromatic carbocycles. The highest BCUT2D eigenvalue weighted by Crippen LogP contribution is 2.10. The monoisotopic (exact) mass is 400 g/mol. The number of aliphatic hydroxyl groups excluding tert-OH is 2. The van der Waals surface area contributed by atoms with Crippen LogP contribution in [0.5, 0.6) is 0 Å². The summed E-state index contributed by atoms with van der Waals surface area (Å²) in [5.41, 5.74) is 0. The highest BCUT2D eigenvalue weighted by molar-refractivity contribution is 4.69. The van der Waals surface area contributed by atoms with E-state index in [-0.39, 0.29) is 12.2 Å². The SMILES string of the molecule is OC(COCCCCCCOCC(O)CN1CCCCC1)CN1CCCCC1. The fourth-order valence-electron chi connectivity index (χ4n) is 4.19. The Morgan fingerprint density at radius 3 is 1.36 bits per heavy atom. The summed E-state index contributed by atoms with van der Waals surface area (Å²) < 4.78 is 11.2. The van der Waals surface area contributed by atoms with Crippen LogP contribution >= 0.6 is 0 Å². The van der Waals surface area contributed by atoms with Crippen LogP contribution in [0.4, 0.5) is 0 Å². The van der Waals surface area contributed by atoms with Crippen molar-refractivity contribution in [3.8, 4) is 0 Å². The predicted octanol–water partition coefficient (Wildman–Crippen LogP) is 2.27. The maximum absolute atomic E-state index is 10.0. The first-order valence-corrected chi connectivity index (χ1v) is 11.7. The molecular weight excluding hydrogens is 356 g/mol. The summed E-state index contributed by atoms with van der Waals surface area (Å²) in [6.45, 7) is 8.34. The number of aliphatic hydroxyl groups is 2. The quantitative estimate of drug-likeness (QED) is 0.411. The Kier molecular flexibility index (Phi) is 13.4. The smallest absolute Gasteiger partial charge is 0.0900 e. The zero-order chi connectivity index (χ0) is 19.9. The standard InChI is InChI=1S/C22H44N2O4/c25-21(17-23-11-5-3-6-12-23)19-27-15-9-1-2-10-16-28-20-22(26)18-24-13-7-4-8-14-24/h21-22,25-26H,1-20H2. The van der Waals surface area contributed by atoms with Crippen LogP contribution in [-0.4, -0.2) is 97.9 Å². The fraction of sp³-hybridized carbons (Fsp3) is 1.00. The summed E-state index contributed by atoms with van der Waals surface area (Å²) >= 11 is 0. The Bertz CT molecular complexity index is 326. The zero-order valence-corrected chi connectivity index (χ0v) is 17.9. The molecule has 2 N–H and O–H groups in total. The molecule has 0 saturated carbocycles. The number of piperidine rings is 2. The van der Waals surface area contributed by atoms with Crippen molar-refractivity contribution < 1.29 is 19.7 Å². The summed E-state index contributed by atoms with van der Waals surface area (Å²) in [6.07, 6.45) is 11.3. The van der Waals surface area contributed by atoms with E-state index in [0.717, 1.165) is 78.2 Å². The van der Waals surface area contributed by atoms with Gasteiger partial charge in [0.05, 0.1) is 25.4 Å². The molecular formula is C22H44N2O4. The molecule has 0 radical (unpaired) electrons. The molecule has 2 rings (SSSR count). The lowest BCUT2D eigenvalue weighted by Gasteiger charge is -2.28. The van der Waals surface area contributed by atoms with E-state index in [1.54, 1.807) is 0 Å². The lowest BCUT2D eigenvalue weighted by atomic mass is 10.1. The molecule has 0 aromatic rings. The Morgan fingerprint density at radius 1 is 0.571 bits per heavy atom. The largest absolute Gasteiger partial charge is 0.389 e. The van der Waals surface area contributed by atoms with Gasteiger partial charge in [0, 0.05) is 26.3 Å². The molecule has 2 saturated heterocycles. The van der Waals surface area contributed by atoms with Crippen LogP contribution in [0.15, 0.2) is 0 Å². The molecule has 2 unspecified atom stereocenters. The second-order valence-corrected chi connectivity index (χ2v) is 8.59. The van der Waals surface area contributed by atoms with Gasteiger partial charge in [0.15, 0.2) is 0 Å². The minimum Gasteiger partial charge on any atom is -0.389 e. The van der Waals surface area contributed by atoms with Crippen LogP contribution in [0.25, 0.3) is 0 Å². The van der Waals surface area contributed by atoms with Crippen LogP contribution in [-0.2, 0) is 9.47 Å². The summed E-state index contributed by atoms with van der Waals surface area (Å²) in [5, 5.41) is 20.1. The Hall–Kier alpha value is -0.240. The van der Waals surface area contributed by atoms with Gasteiger partial charge in [-0.25, -0.2) is 0 Å². The number of unbranched alkanes of at least 4 members (excludes halogenated alkanes) is 3. The molecule has 28 heavy (non-hydrogen) atoms. The second kappa shape index (κ2) is 15.6. The molecule has 6 heteroatoms. The van der Waals surface area contributed by atoms with E-state index in [0.29, 0.717) is 13.2 Å². The fourth-order valence-corrected chi connectivity index (χ4v) is 4.19. The van der Waals surface area contributed by atoms with E-state index in [1.165, 1.54) is 38.5 Å². The zero-order valence-electron chi connectivity index (χ0n) is 17.9. The van der Waals surface area contributed by atoms with E-state index in [9.17, 15) is 10.2 Å². The van der Waals surface area contributed by atoms with Crippen molar-refractivity contribution in [1.82, 2.24) is 9.80 Å². The van der Waals surface area contributed by atoms with E-state index in [2.05, 4.69) is 9.80 Å². The van der Waals surface area contributed by atoms with E-state index >= 15 is 0 Å². The highest BCUT2D eigenvalue weighted by atomic mass is 16.5. The molecule has 6 nitrogen and oxygen atoms in total. The van der Waals surface area contributed by atoms with E-state index in [4.69, 9.17) is 9.47 Å². The first kappa shape index (κ1) is 24.0. The minimum absolute atomic E-state index is 0.358. The van der Waals surface area contributed by atoms with Crippen molar-refractivity contribution in [3.05, 3.63) is 0 Å². The number of likely N-dealkylation sites (tertiary alicyclic amines) is 2. The van der Waals surface area contributed by atoms with Crippen LogP contribution < -0.4 is 0 Å². The Balaban J connectivity index is 1.31. The van der Waals surface area contributed by atoms with Gasteiger partial charge in [-0.05, 0) is 64.7 Å². The summed E-state index contributed by atoms with van der Waals surface area (Å²) in [5.74, 6) is 0. The van der Waals surface area contributed by atoms with Crippen LogP contribution in [0.3, 0.4) is 0 Å². The summed E-state index contributed by atoms with van der Waals surface area (Å²) in [6, 6.07) is 0. The number of rotatable bonds is 15. The summed E-state index contributed by atoms with van der Waals surface area (Å²) in [7, 11) is 0.